The first kappa shape index (κ1) is 25.1. The van der Waals surface area contributed by atoms with Crippen LogP contribution in [-0.4, -0.2) is 23.7 Å². The number of amides is 1. The Kier molecular flexibility index (Phi) is 10.1. The fourth-order valence-electron chi connectivity index (χ4n) is 3.97. The van der Waals surface area contributed by atoms with E-state index in [2.05, 4.69) is 54.3 Å². The predicted octanol–water partition coefficient (Wildman–Crippen LogP) is 6.62. The van der Waals surface area contributed by atoms with Crippen LogP contribution in [0, 0.1) is 11.3 Å². The van der Waals surface area contributed by atoms with Crippen molar-refractivity contribution in [3.63, 3.8) is 0 Å². The van der Waals surface area contributed by atoms with Crippen LogP contribution in [0.2, 0.25) is 0 Å². The van der Waals surface area contributed by atoms with Crippen molar-refractivity contribution in [3.05, 3.63) is 28.2 Å². The Balaban J connectivity index is 1.78. The third-order valence-corrected chi connectivity index (χ3v) is 6.80. The average molecular weight is 498 g/mol. The molecular formula is C24H37BrN2O2S. The van der Waals surface area contributed by atoms with Gasteiger partial charge in [-0.1, -0.05) is 47.0 Å². The van der Waals surface area contributed by atoms with E-state index in [4.69, 9.17) is 17.0 Å². The molecule has 6 heteroatoms. The molecule has 1 aromatic carbocycles. The Hall–Kier alpha value is -1.14. The van der Waals surface area contributed by atoms with Gasteiger partial charge in [-0.25, -0.2) is 0 Å². The minimum absolute atomic E-state index is 0.203. The summed E-state index contributed by atoms with van der Waals surface area (Å²) in [5.74, 6) is 1.31. The molecule has 0 radical (unpaired) electrons. The highest BCUT2D eigenvalue weighted by Gasteiger charge is 2.29. The maximum Gasteiger partial charge on any atom is 0.257 e. The van der Waals surface area contributed by atoms with Crippen LogP contribution >= 0.6 is 28.1 Å². The standard InChI is InChI=1S/C24H37BrN2O2S/c1-5-6-7-8-15-29-21-14-9-17(16-20(21)25)22(28)27-23(30)26-19-12-10-18(11-13-19)24(2,3)4/h9,14,16,18-19H,5-8,10-13,15H2,1-4H3,(H2,26,27,28,30). The number of unbranched alkanes of at least 4 members (excludes halogenated alkanes) is 3. The predicted molar refractivity (Wildman–Crippen MR) is 132 cm³/mol. The number of carbonyl (C=O) groups is 1. The smallest absolute Gasteiger partial charge is 0.257 e. The zero-order valence-electron chi connectivity index (χ0n) is 18.9. The van der Waals surface area contributed by atoms with Crippen LogP contribution in [0.3, 0.4) is 0 Å². The molecule has 1 aliphatic rings. The molecule has 2 rings (SSSR count). The van der Waals surface area contributed by atoms with E-state index in [9.17, 15) is 4.79 Å². The minimum Gasteiger partial charge on any atom is -0.492 e. The van der Waals surface area contributed by atoms with Gasteiger partial charge in [0.15, 0.2) is 5.11 Å². The second kappa shape index (κ2) is 12.0. The first-order valence-corrected chi connectivity index (χ1v) is 12.4. The van der Waals surface area contributed by atoms with Crippen LogP contribution in [0.15, 0.2) is 22.7 Å². The van der Waals surface area contributed by atoms with Crippen LogP contribution in [0.25, 0.3) is 0 Å². The van der Waals surface area contributed by atoms with Crippen molar-refractivity contribution in [2.24, 2.45) is 11.3 Å². The molecule has 0 saturated heterocycles. The van der Waals surface area contributed by atoms with Gasteiger partial charge >= 0.3 is 0 Å². The summed E-state index contributed by atoms with van der Waals surface area (Å²) in [5.41, 5.74) is 0.916. The summed E-state index contributed by atoms with van der Waals surface area (Å²) in [6.45, 7) is 9.83. The molecule has 1 fully saturated rings. The third-order valence-electron chi connectivity index (χ3n) is 5.96. The van der Waals surface area contributed by atoms with Crippen LogP contribution in [0.1, 0.15) is 89.4 Å². The van der Waals surface area contributed by atoms with Crippen molar-refractivity contribution in [2.75, 3.05) is 6.61 Å². The minimum atomic E-state index is -0.203. The quantitative estimate of drug-likeness (QED) is 0.313. The van der Waals surface area contributed by atoms with E-state index >= 15 is 0 Å². The Labute approximate surface area is 196 Å². The molecule has 0 unspecified atom stereocenters. The average Bonchev–Trinajstić information content (AvgIpc) is 2.68. The van der Waals surface area contributed by atoms with E-state index in [1.165, 1.54) is 32.1 Å². The van der Waals surface area contributed by atoms with Crippen molar-refractivity contribution in [1.82, 2.24) is 10.6 Å². The summed E-state index contributed by atoms with van der Waals surface area (Å²) in [6, 6.07) is 5.74. The van der Waals surface area contributed by atoms with Gasteiger partial charge in [-0.05, 0) is 89.8 Å². The second-order valence-electron chi connectivity index (χ2n) is 9.40. The topological polar surface area (TPSA) is 50.4 Å². The van der Waals surface area contributed by atoms with Crippen LogP contribution in [0.5, 0.6) is 5.75 Å². The van der Waals surface area contributed by atoms with Gasteiger partial charge in [-0.3, -0.25) is 10.1 Å². The van der Waals surface area contributed by atoms with Gasteiger partial charge < -0.3 is 10.1 Å². The summed E-state index contributed by atoms with van der Waals surface area (Å²) >= 11 is 8.90. The SMILES string of the molecule is CCCCCCOc1ccc(C(=O)NC(=S)NC2CCC(C(C)(C)C)CC2)cc1Br. The van der Waals surface area contributed by atoms with Crippen molar-refractivity contribution in [1.29, 1.82) is 0 Å². The van der Waals surface area contributed by atoms with Gasteiger partial charge in [0.1, 0.15) is 5.75 Å². The fourth-order valence-corrected chi connectivity index (χ4v) is 4.72. The van der Waals surface area contributed by atoms with Crippen LogP contribution in [-0.2, 0) is 0 Å². The number of ether oxygens (including phenoxy) is 1. The molecule has 1 amide bonds. The number of rotatable bonds is 8. The van der Waals surface area contributed by atoms with E-state index in [1.54, 1.807) is 12.1 Å². The lowest BCUT2D eigenvalue weighted by atomic mass is 9.71. The van der Waals surface area contributed by atoms with Crippen molar-refractivity contribution < 1.29 is 9.53 Å². The normalized spacial score (nSPS) is 19.2. The Morgan fingerprint density at radius 3 is 2.47 bits per heavy atom. The van der Waals surface area contributed by atoms with Gasteiger partial charge in [0.2, 0.25) is 0 Å². The molecule has 1 aliphatic carbocycles. The summed E-state index contributed by atoms with van der Waals surface area (Å²) in [7, 11) is 0. The van der Waals surface area contributed by atoms with Gasteiger partial charge in [0.25, 0.3) is 5.91 Å². The highest BCUT2D eigenvalue weighted by Crippen LogP contribution is 2.37. The molecule has 4 nitrogen and oxygen atoms in total. The highest BCUT2D eigenvalue weighted by atomic mass is 79.9. The molecule has 30 heavy (non-hydrogen) atoms. The Morgan fingerprint density at radius 2 is 1.87 bits per heavy atom. The molecular weight excluding hydrogens is 460 g/mol. The summed E-state index contributed by atoms with van der Waals surface area (Å²) in [6.07, 6.45) is 9.24. The largest absolute Gasteiger partial charge is 0.492 e. The molecule has 0 aliphatic heterocycles. The van der Waals surface area contributed by atoms with Gasteiger partial charge in [0, 0.05) is 11.6 Å². The summed E-state index contributed by atoms with van der Waals surface area (Å²) < 4.78 is 6.60. The van der Waals surface area contributed by atoms with Crippen LogP contribution < -0.4 is 15.4 Å². The second-order valence-corrected chi connectivity index (χ2v) is 10.7. The zero-order chi connectivity index (χ0) is 22.1. The lowest BCUT2D eigenvalue weighted by Gasteiger charge is -2.37. The first-order valence-electron chi connectivity index (χ1n) is 11.2. The molecule has 0 aromatic heterocycles. The number of hydrogen-bond acceptors (Lipinski definition) is 3. The Bertz CT molecular complexity index is 710. The van der Waals surface area contributed by atoms with E-state index in [0.717, 1.165) is 35.4 Å². The van der Waals surface area contributed by atoms with Crippen molar-refractivity contribution in [2.45, 2.75) is 85.1 Å². The van der Waals surface area contributed by atoms with Gasteiger partial charge in [0.05, 0.1) is 11.1 Å². The van der Waals surface area contributed by atoms with Gasteiger partial charge in [-0.15, -0.1) is 0 Å². The van der Waals surface area contributed by atoms with E-state index in [-0.39, 0.29) is 5.91 Å². The monoisotopic (exact) mass is 496 g/mol. The maximum absolute atomic E-state index is 12.6. The van der Waals surface area contributed by atoms with Crippen molar-refractivity contribution in [3.8, 4) is 5.75 Å². The van der Waals surface area contributed by atoms with E-state index in [1.807, 2.05) is 6.07 Å². The lowest BCUT2D eigenvalue weighted by Crippen LogP contribution is -2.46. The fraction of sp³-hybridized carbons (Fsp3) is 0.667. The molecule has 0 bridgehead atoms. The molecule has 168 valence electrons. The van der Waals surface area contributed by atoms with Crippen LogP contribution in [0.4, 0.5) is 0 Å². The number of nitrogens with one attached hydrogen (secondary N) is 2. The van der Waals surface area contributed by atoms with E-state index in [0.29, 0.717) is 28.7 Å². The maximum atomic E-state index is 12.6. The lowest BCUT2D eigenvalue weighted by molar-refractivity contribution is 0.0976. The number of halogens is 1. The molecule has 1 saturated carbocycles. The third kappa shape index (κ3) is 8.18. The molecule has 0 spiro atoms. The zero-order valence-corrected chi connectivity index (χ0v) is 21.3. The number of carbonyl (C=O) groups excluding carboxylic acids is 1. The number of hydrogen-bond donors (Lipinski definition) is 2. The summed E-state index contributed by atoms with van der Waals surface area (Å²) in [4.78, 5) is 12.6. The number of thiocarbonyl (C=S) groups is 1. The Morgan fingerprint density at radius 1 is 1.17 bits per heavy atom. The molecule has 1 aromatic rings. The molecule has 0 atom stereocenters. The molecule has 0 heterocycles. The summed E-state index contributed by atoms with van der Waals surface area (Å²) in [5, 5.41) is 6.55. The first-order chi connectivity index (χ1) is 14.2. The highest BCUT2D eigenvalue weighted by molar-refractivity contribution is 9.10. The van der Waals surface area contributed by atoms with E-state index < -0.39 is 0 Å². The molecule has 2 N–H and O–H groups in total. The van der Waals surface area contributed by atoms with Crippen molar-refractivity contribution >= 4 is 39.2 Å². The van der Waals surface area contributed by atoms with Gasteiger partial charge in [-0.2, -0.15) is 0 Å². The number of benzene rings is 1.